The summed E-state index contributed by atoms with van der Waals surface area (Å²) in [5.41, 5.74) is 1.15. The van der Waals surface area contributed by atoms with E-state index in [2.05, 4.69) is 35.9 Å². The Hall–Kier alpha value is -1.26. The third-order valence-electron chi connectivity index (χ3n) is 4.09. The molecule has 4 heteroatoms. The zero-order valence-corrected chi connectivity index (χ0v) is 12.0. The highest BCUT2D eigenvalue weighted by Gasteiger charge is 2.26. The third-order valence-corrected chi connectivity index (χ3v) is 4.09. The number of methoxy groups -OCH3 is 1. The number of anilines is 1. The van der Waals surface area contributed by atoms with E-state index in [0.717, 1.165) is 30.9 Å². The van der Waals surface area contributed by atoms with Crippen LogP contribution in [0, 0.1) is 0 Å². The lowest BCUT2D eigenvalue weighted by atomic mass is 10.2. The fraction of sp³-hybridized carbons (Fsp3) is 0.600. The molecule has 19 heavy (non-hydrogen) atoms. The van der Waals surface area contributed by atoms with E-state index < -0.39 is 0 Å². The second-order valence-corrected chi connectivity index (χ2v) is 5.31. The molecule has 0 spiro atoms. The van der Waals surface area contributed by atoms with Gasteiger partial charge in [-0.3, -0.25) is 0 Å². The van der Waals surface area contributed by atoms with Crippen LogP contribution in [-0.2, 0) is 0 Å². The molecule has 1 aromatic rings. The minimum absolute atomic E-state index is 0.156. The molecule has 2 rings (SSSR count). The van der Waals surface area contributed by atoms with Crippen molar-refractivity contribution in [1.82, 2.24) is 4.90 Å². The SMILES string of the molecule is COc1ccc(N2CCC(C)N(C)CC2CO)cc1. The van der Waals surface area contributed by atoms with Crippen LogP contribution in [0.2, 0.25) is 0 Å². The van der Waals surface area contributed by atoms with Gasteiger partial charge in [0, 0.05) is 24.8 Å². The summed E-state index contributed by atoms with van der Waals surface area (Å²) in [6.07, 6.45) is 1.11. The number of aliphatic hydroxyl groups excluding tert-OH is 1. The van der Waals surface area contributed by atoms with Gasteiger partial charge in [-0.05, 0) is 44.7 Å². The van der Waals surface area contributed by atoms with E-state index in [-0.39, 0.29) is 12.6 Å². The molecule has 1 saturated heterocycles. The van der Waals surface area contributed by atoms with Gasteiger partial charge in [0.2, 0.25) is 0 Å². The molecule has 2 unspecified atom stereocenters. The Labute approximate surface area is 115 Å². The fourth-order valence-electron chi connectivity index (χ4n) is 2.61. The van der Waals surface area contributed by atoms with Gasteiger partial charge in [0.05, 0.1) is 19.8 Å². The summed E-state index contributed by atoms with van der Waals surface area (Å²) in [6.45, 7) is 4.29. The molecule has 0 bridgehead atoms. The van der Waals surface area contributed by atoms with E-state index >= 15 is 0 Å². The molecule has 4 nitrogen and oxygen atoms in total. The van der Waals surface area contributed by atoms with Crippen molar-refractivity contribution in [2.24, 2.45) is 0 Å². The molecule has 2 atom stereocenters. The third kappa shape index (κ3) is 3.19. The lowest BCUT2D eigenvalue weighted by Crippen LogP contribution is -2.43. The molecule has 0 saturated carbocycles. The molecule has 1 N–H and O–H groups in total. The summed E-state index contributed by atoms with van der Waals surface area (Å²) in [5, 5.41) is 9.66. The number of aliphatic hydroxyl groups is 1. The molecule has 1 aromatic carbocycles. The van der Waals surface area contributed by atoms with E-state index in [1.807, 2.05) is 12.1 Å². The summed E-state index contributed by atoms with van der Waals surface area (Å²) in [4.78, 5) is 4.63. The van der Waals surface area contributed by atoms with E-state index in [1.165, 1.54) is 0 Å². The van der Waals surface area contributed by atoms with Crippen molar-refractivity contribution in [1.29, 1.82) is 0 Å². The Bertz CT molecular complexity index is 394. The lowest BCUT2D eigenvalue weighted by molar-refractivity contribution is 0.206. The van der Waals surface area contributed by atoms with Gasteiger partial charge in [0.25, 0.3) is 0 Å². The molecular formula is C15H24N2O2. The molecule has 1 aliphatic heterocycles. The van der Waals surface area contributed by atoms with Crippen LogP contribution >= 0.6 is 0 Å². The lowest BCUT2D eigenvalue weighted by Gasteiger charge is -2.31. The molecule has 0 aliphatic carbocycles. The van der Waals surface area contributed by atoms with Crippen LogP contribution in [0.4, 0.5) is 5.69 Å². The minimum Gasteiger partial charge on any atom is -0.497 e. The molecule has 0 aromatic heterocycles. The number of hydrogen-bond acceptors (Lipinski definition) is 4. The van der Waals surface area contributed by atoms with Gasteiger partial charge in [-0.25, -0.2) is 0 Å². The Morgan fingerprint density at radius 1 is 1.32 bits per heavy atom. The highest BCUT2D eigenvalue weighted by Crippen LogP contribution is 2.24. The second kappa shape index (κ2) is 6.26. The standard InChI is InChI=1S/C15H24N2O2/c1-12-8-9-17(14(11-18)10-16(12)2)13-4-6-15(19-3)7-5-13/h4-7,12,14,18H,8-11H2,1-3H3. The maximum absolute atomic E-state index is 9.66. The summed E-state index contributed by atoms with van der Waals surface area (Å²) in [5.74, 6) is 0.865. The maximum Gasteiger partial charge on any atom is 0.119 e. The zero-order valence-electron chi connectivity index (χ0n) is 12.0. The number of nitrogens with zero attached hydrogens (tertiary/aromatic N) is 2. The fourth-order valence-corrected chi connectivity index (χ4v) is 2.61. The predicted octanol–water partition coefficient (Wildman–Crippen LogP) is 1.59. The van der Waals surface area contributed by atoms with Crippen LogP contribution in [0.3, 0.4) is 0 Å². The van der Waals surface area contributed by atoms with Crippen molar-refractivity contribution in [3.8, 4) is 5.75 Å². The van der Waals surface area contributed by atoms with E-state index in [1.54, 1.807) is 7.11 Å². The van der Waals surface area contributed by atoms with Crippen molar-refractivity contribution in [3.63, 3.8) is 0 Å². The van der Waals surface area contributed by atoms with E-state index in [0.29, 0.717) is 6.04 Å². The van der Waals surface area contributed by atoms with Crippen molar-refractivity contribution in [2.75, 3.05) is 38.8 Å². The van der Waals surface area contributed by atoms with Crippen LogP contribution < -0.4 is 9.64 Å². The van der Waals surface area contributed by atoms with Crippen molar-refractivity contribution in [3.05, 3.63) is 24.3 Å². The zero-order chi connectivity index (χ0) is 13.8. The summed E-state index contributed by atoms with van der Waals surface area (Å²) >= 11 is 0. The van der Waals surface area contributed by atoms with Gasteiger partial charge >= 0.3 is 0 Å². The van der Waals surface area contributed by atoms with Crippen LogP contribution in [-0.4, -0.2) is 55.9 Å². The number of hydrogen-bond donors (Lipinski definition) is 1. The highest BCUT2D eigenvalue weighted by molar-refractivity contribution is 5.50. The number of likely N-dealkylation sites (N-methyl/N-ethyl adjacent to an activating group) is 1. The van der Waals surface area contributed by atoms with Crippen LogP contribution in [0.15, 0.2) is 24.3 Å². The van der Waals surface area contributed by atoms with Crippen LogP contribution in [0.25, 0.3) is 0 Å². The predicted molar refractivity (Wildman–Crippen MR) is 77.9 cm³/mol. The molecule has 1 fully saturated rings. The van der Waals surface area contributed by atoms with Gasteiger partial charge in [-0.1, -0.05) is 0 Å². The topological polar surface area (TPSA) is 35.9 Å². The van der Waals surface area contributed by atoms with Gasteiger partial charge in [0.1, 0.15) is 5.75 Å². The van der Waals surface area contributed by atoms with Crippen molar-refractivity contribution >= 4 is 5.69 Å². The van der Waals surface area contributed by atoms with Gasteiger partial charge in [-0.2, -0.15) is 0 Å². The number of benzene rings is 1. The van der Waals surface area contributed by atoms with E-state index in [4.69, 9.17) is 4.74 Å². The Morgan fingerprint density at radius 2 is 2.00 bits per heavy atom. The largest absolute Gasteiger partial charge is 0.497 e. The summed E-state index contributed by atoms with van der Waals surface area (Å²) in [6, 6.07) is 8.79. The molecule has 0 amide bonds. The molecular weight excluding hydrogens is 240 g/mol. The molecule has 0 radical (unpaired) electrons. The normalized spacial score (nSPS) is 25.2. The Balaban J connectivity index is 2.19. The smallest absolute Gasteiger partial charge is 0.119 e. The average Bonchev–Trinajstić information content (AvgIpc) is 2.59. The highest BCUT2D eigenvalue weighted by atomic mass is 16.5. The van der Waals surface area contributed by atoms with Crippen LogP contribution in [0.1, 0.15) is 13.3 Å². The first-order chi connectivity index (χ1) is 9.15. The van der Waals surface area contributed by atoms with E-state index in [9.17, 15) is 5.11 Å². The first-order valence-corrected chi connectivity index (χ1v) is 6.87. The Kier molecular flexibility index (Phi) is 4.66. The van der Waals surface area contributed by atoms with Gasteiger partial charge < -0.3 is 19.6 Å². The maximum atomic E-state index is 9.66. The monoisotopic (exact) mass is 264 g/mol. The molecule has 1 aliphatic rings. The Morgan fingerprint density at radius 3 is 2.58 bits per heavy atom. The van der Waals surface area contributed by atoms with Gasteiger partial charge in [-0.15, -0.1) is 0 Å². The quantitative estimate of drug-likeness (QED) is 0.899. The minimum atomic E-state index is 0.156. The average molecular weight is 264 g/mol. The second-order valence-electron chi connectivity index (χ2n) is 5.31. The molecule has 1 heterocycles. The summed E-state index contributed by atoms with van der Waals surface area (Å²) < 4.78 is 5.19. The van der Waals surface area contributed by atoms with Crippen molar-refractivity contribution in [2.45, 2.75) is 25.4 Å². The number of rotatable bonds is 3. The molecule has 106 valence electrons. The summed E-state index contributed by atoms with van der Waals surface area (Å²) in [7, 11) is 3.80. The van der Waals surface area contributed by atoms with Gasteiger partial charge in [0.15, 0.2) is 0 Å². The van der Waals surface area contributed by atoms with Crippen LogP contribution in [0.5, 0.6) is 5.75 Å². The first-order valence-electron chi connectivity index (χ1n) is 6.87. The number of ether oxygens (including phenoxy) is 1. The first kappa shape index (κ1) is 14.2. The van der Waals surface area contributed by atoms with Crippen molar-refractivity contribution < 1.29 is 9.84 Å².